The van der Waals surface area contributed by atoms with Crippen LogP contribution in [0.4, 0.5) is 0 Å². The van der Waals surface area contributed by atoms with Gasteiger partial charge in [-0.1, -0.05) is 41.7 Å². The lowest BCUT2D eigenvalue weighted by molar-refractivity contribution is -0.139. The van der Waals surface area contributed by atoms with Gasteiger partial charge in [-0.05, 0) is 56.5 Å². The fraction of sp³-hybridized carbons (Fsp3) is 0.333. The van der Waals surface area contributed by atoms with E-state index >= 15 is 0 Å². The third kappa shape index (κ3) is 5.44. The van der Waals surface area contributed by atoms with Crippen LogP contribution in [0.15, 0.2) is 69.6 Å². The predicted octanol–water partition coefficient (Wildman–Crippen LogP) is 2.81. The molecule has 0 aliphatic carbocycles. The van der Waals surface area contributed by atoms with E-state index in [-0.39, 0.29) is 24.7 Å². The Balaban J connectivity index is 1.49. The molecule has 9 nitrogen and oxygen atoms in total. The first kappa shape index (κ1) is 27.4. The minimum atomic E-state index is -0.752. The van der Waals surface area contributed by atoms with E-state index in [1.54, 1.807) is 45.2 Å². The number of hydrogen-bond acceptors (Lipinski definition) is 8. The number of ether oxygens (including phenoxy) is 3. The number of benzene rings is 2. The highest BCUT2D eigenvalue weighted by atomic mass is 32.1. The van der Waals surface area contributed by atoms with Gasteiger partial charge in [0.15, 0.2) is 11.4 Å². The zero-order valence-electron chi connectivity index (χ0n) is 22.7. The van der Waals surface area contributed by atoms with Gasteiger partial charge in [-0.2, -0.15) is 0 Å². The van der Waals surface area contributed by atoms with Crippen molar-refractivity contribution in [1.29, 1.82) is 0 Å². The molecule has 1 fully saturated rings. The summed E-state index contributed by atoms with van der Waals surface area (Å²) in [5.41, 5.74) is 1.98. The third-order valence-corrected chi connectivity index (χ3v) is 7.93. The Kier molecular flexibility index (Phi) is 8.16. The molecule has 1 atom stereocenters. The van der Waals surface area contributed by atoms with E-state index in [9.17, 15) is 14.4 Å². The molecule has 0 unspecified atom stereocenters. The normalized spacial score (nSPS) is 16.9. The van der Waals surface area contributed by atoms with Crippen molar-refractivity contribution in [1.82, 2.24) is 9.47 Å². The third-order valence-electron chi connectivity index (χ3n) is 6.95. The number of likely N-dealkylation sites (tertiary alicyclic amines) is 1. The van der Waals surface area contributed by atoms with Gasteiger partial charge in [0.05, 0.1) is 29.5 Å². The highest BCUT2D eigenvalue weighted by Crippen LogP contribution is 2.35. The number of nitrogens with zero attached hydrogens (tertiary/aromatic N) is 3. The van der Waals surface area contributed by atoms with E-state index < -0.39 is 12.0 Å². The molecule has 0 bridgehead atoms. The standard InChI is InChI=1S/C30H31N3O6S/c1-4-38-29(36)26-19(2)31-30-33(27(26)22-9-5-6-10-23(22)37-3)28(35)24(40-30)17-20-11-13-21(14-12-20)39-18-25(34)32-15-7-8-16-32/h5-6,9-14,17,27H,4,7-8,15-16,18H2,1-3H3/b24-17+/t27-/m1/s1. The molecule has 1 aromatic heterocycles. The van der Waals surface area contributed by atoms with Crippen LogP contribution in [0.5, 0.6) is 11.5 Å². The van der Waals surface area contributed by atoms with Gasteiger partial charge < -0.3 is 19.1 Å². The van der Waals surface area contributed by atoms with Crippen LogP contribution < -0.4 is 24.4 Å². The van der Waals surface area contributed by atoms with E-state index in [4.69, 9.17) is 14.2 Å². The number of thiazole rings is 1. The molecule has 3 heterocycles. The Morgan fingerprint density at radius 3 is 2.52 bits per heavy atom. The number of carbonyl (C=O) groups is 2. The largest absolute Gasteiger partial charge is 0.496 e. The van der Waals surface area contributed by atoms with Crippen LogP contribution >= 0.6 is 11.3 Å². The van der Waals surface area contributed by atoms with Crippen molar-refractivity contribution in [2.24, 2.45) is 4.99 Å². The Labute approximate surface area is 235 Å². The maximum absolute atomic E-state index is 13.8. The first-order chi connectivity index (χ1) is 19.4. The molecule has 5 rings (SSSR count). The topological polar surface area (TPSA) is 99.4 Å². The quantitative estimate of drug-likeness (QED) is 0.392. The molecule has 2 aromatic carbocycles. The summed E-state index contributed by atoms with van der Waals surface area (Å²) in [5, 5.41) is 0. The fourth-order valence-electron chi connectivity index (χ4n) is 4.99. The Hall–Kier alpha value is -4.18. The number of aromatic nitrogens is 1. The number of carbonyl (C=O) groups excluding carboxylic acids is 2. The minimum Gasteiger partial charge on any atom is -0.496 e. The molecule has 40 heavy (non-hydrogen) atoms. The fourth-order valence-corrected chi connectivity index (χ4v) is 6.04. The van der Waals surface area contributed by atoms with Crippen LogP contribution in [0.3, 0.4) is 0 Å². The summed E-state index contributed by atoms with van der Waals surface area (Å²) in [6.07, 6.45) is 3.86. The number of hydrogen-bond donors (Lipinski definition) is 0. The average Bonchev–Trinajstić information content (AvgIpc) is 3.60. The summed E-state index contributed by atoms with van der Waals surface area (Å²) in [4.78, 5) is 46.1. The molecule has 2 aliphatic heterocycles. The van der Waals surface area contributed by atoms with Gasteiger partial charge in [0, 0.05) is 18.7 Å². The number of fused-ring (bicyclic) bond motifs is 1. The lowest BCUT2D eigenvalue weighted by Crippen LogP contribution is -2.40. The van der Waals surface area contributed by atoms with Crippen molar-refractivity contribution in [2.45, 2.75) is 32.7 Å². The molecule has 2 aliphatic rings. The molecule has 3 aromatic rings. The Bertz CT molecular complexity index is 1630. The second-order valence-electron chi connectivity index (χ2n) is 9.49. The molecule has 0 radical (unpaired) electrons. The van der Waals surface area contributed by atoms with Gasteiger partial charge in [-0.15, -0.1) is 0 Å². The van der Waals surface area contributed by atoms with Gasteiger partial charge in [-0.3, -0.25) is 14.2 Å². The van der Waals surface area contributed by atoms with Gasteiger partial charge in [0.1, 0.15) is 17.5 Å². The number of allylic oxidation sites excluding steroid dienone is 1. The maximum atomic E-state index is 13.8. The van der Waals surface area contributed by atoms with Gasteiger partial charge in [0.25, 0.3) is 11.5 Å². The SMILES string of the molecule is CCOC(=O)C1=C(C)N=c2s/c(=C/c3ccc(OCC(=O)N4CCCC4)cc3)c(=O)n2[C@@H]1c1ccccc1OC. The number of amides is 1. The Morgan fingerprint density at radius 1 is 1.10 bits per heavy atom. The maximum Gasteiger partial charge on any atom is 0.338 e. The highest BCUT2D eigenvalue weighted by Gasteiger charge is 2.35. The number of rotatable bonds is 8. The zero-order valence-corrected chi connectivity index (χ0v) is 23.5. The molecular weight excluding hydrogens is 530 g/mol. The van der Waals surface area contributed by atoms with Crippen LogP contribution in [0.25, 0.3) is 6.08 Å². The molecule has 0 saturated carbocycles. The van der Waals surface area contributed by atoms with Crippen molar-refractivity contribution in [2.75, 3.05) is 33.4 Å². The summed E-state index contributed by atoms with van der Waals surface area (Å²) in [6, 6.07) is 13.8. The van der Waals surface area contributed by atoms with Gasteiger partial charge in [-0.25, -0.2) is 9.79 Å². The summed E-state index contributed by atoms with van der Waals surface area (Å²) in [7, 11) is 1.55. The van der Waals surface area contributed by atoms with Crippen molar-refractivity contribution in [3.05, 3.63) is 90.6 Å². The van der Waals surface area contributed by atoms with Crippen molar-refractivity contribution in [3.63, 3.8) is 0 Å². The van der Waals surface area contributed by atoms with E-state index in [1.807, 2.05) is 35.2 Å². The molecule has 1 amide bonds. The molecule has 208 valence electrons. The predicted molar refractivity (Wildman–Crippen MR) is 151 cm³/mol. The van der Waals surface area contributed by atoms with Crippen molar-refractivity contribution < 1.29 is 23.8 Å². The van der Waals surface area contributed by atoms with Crippen LogP contribution in [-0.4, -0.2) is 54.8 Å². The molecule has 1 saturated heterocycles. The molecule has 10 heteroatoms. The molecule has 0 spiro atoms. The van der Waals surface area contributed by atoms with E-state index in [1.165, 1.54) is 15.9 Å². The zero-order chi connectivity index (χ0) is 28.2. The number of esters is 1. The summed E-state index contributed by atoms with van der Waals surface area (Å²) < 4.78 is 18.6. The second kappa shape index (κ2) is 11.9. The van der Waals surface area contributed by atoms with E-state index in [0.717, 1.165) is 31.5 Å². The minimum absolute atomic E-state index is 0.00302. The summed E-state index contributed by atoms with van der Waals surface area (Å²) >= 11 is 1.25. The van der Waals surface area contributed by atoms with Crippen molar-refractivity contribution in [3.8, 4) is 11.5 Å². The van der Waals surface area contributed by atoms with Crippen molar-refractivity contribution >= 4 is 29.3 Å². The monoisotopic (exact) mass is 561 g/mol. The smallest absolute Gasteiger partial charge is 0.338 e. The number of para-hydroxylation sites is 1. The first-order valence-corrected chi connectivity index (χ1v) is 14.1. The first-order valence-electron chi connectivity index (χ1n) is 13.2. The number of methoxy groups -OCH3 is 1. The summed E-state index contributed by atoms with van der Waals surface area (Å²) in [6.45, 7) is 5.27. The van der Waals surface area contributed by atoms with E-state index in [0.29, 0.717) is 37.7 Å². The molecular formula is C30H31N3O6S. The lowest BCUT2D eigenvalue weighted by atomic mass is 9.95. The van der Waals surface area contributed by atoms with Crippen LogP contribution in [-0.2, 0) is 14.3 Å². The van der Waals surface area contributed by atoms with Gasteiger partial charge in [0.2, 0.25) is 0 Å². The second-order valence-corrected chi connectivity index (χ2v) is 10.5. The highest BCUT2D eigenvalue weighted by molar-refractivity contribution is 7.07. The van der Waals surface area contributed by atoms with Gasteiger partial charge >= 0.3 is 5.97 Å². The Morgan fingerprint density at radius 2 is 1.82 bits per heavy atom. The van der Waals surface area contributed by atoms with Crippen LogP contribution in [0.2, 0.25) is 0 Å². The lowest BCUT2D eigenvalue weighted by Gasteiger charge is -2.25. The molecule has 0 N–H and O–H groups in total. The van der Waals surface area contributed by atoms with Crippen LogP contribution in [0, 0.1) is 0 Å². The average molecular weight is 562 g/mol. The van der Waals surface area contributed by atoms with Crippen LogP contribution in [0.1, 0.15) is 43.9 Å². The summed E-state index contributed by atoms with van der Waals surface area (Å²) in [5.74, 6) is 0.604. The van der Waals surface area contributed by atoms with E-state index in [2.05, 4.69) is 4.99 Å².